The first-order chi connectivity index (χ1) is 13.5. The van der Waals surface area contributed by atoms with Crippen molar-refractivity contribution in [2.45, 2.75) is 25.5 Å². The molecule has 2 amide bonds. The van der Waals surface area contributed by atoms with E-state index < -0.39 is 6.09 Å². The Hall–Kier alpha value is -3.02. The second-order valence-electron chi connectivity index (χ2n) is 7.21. The van der Waals surface area contributed by atoms with Gasteiger partial charge in [-0.15, -0.1) is 0 Å². The van der Waals surface area contributed by atoms with Crippen molar-refractivity contribution in [3.05, 3.63) is 65.7 Å². The number of hydrogen-bond donors (Lipinski definition) is 1. The van der Waals surface area contributed by atoms with E-state index in [9.17, 15) is 9.59 Å². The topological polar surface area (TPSA) is 61.9 Å². The number of alkyl carbamates (subject to hydrolysis) is 1. The van der Waals surface area contributed by atoms with Gasteiger partial charge in [-0.1, -0.05) is 30.3 Å². The minimum Gasteiger partial charge on any atom is -0.445 e. The molecule has 0 radical (unpaired) electrons. The summed E-state index contributed by atoms with van der Waals surface area (Å²) in [5, 5.41) is 2.90. The van der Waals surface area contributed by atoms with Crippen LogP contribution in [0.15, 0.2) is 54.6 Å². The molecule has 6 heteroatoms. The van der Waals surface area contributed by atoms with Crippen LogP contribution in [0, 0.1) is 0 Å². The molecular weight excluding hydrogens is 354 g/mol. The van der Waals surface area contributed by atoms with Crippen molar-refractivity contribution in [3.63, 3.8) is 0 Å². The van der Waals surface area contributed by atoms with Crippen molar-refractivity contribution in [2.24, 2.45) is 0 Å². The average Bonchev–Trinajstić information content (AvgIpc) is 2.73. The molecule has 0 unspecified atom stereocenters. The molecule has 28 heavy (non-hydrogen) atoms. The third-order valence-corrected chi connectivity index (χ3v) is 4.95. The van der Waals surface area contributed by atoms with Crippen LogP contribution in [0.4, 0.5) is 10.5 Å². The molecule has 3 rings (SSSR count). The molecule has 1 aliphatic heterocycles. The van der Waals surface area contributed by atoms with E-state index >= 15 is 0 Å². The molecule has 6 nitrogen and oxygen atoms in total. The zero-order chi connectivity index (χ0) is 19.9. The number of ether oxygens (including phenoxy) is 1. The number of benzene rings is 2. The van der Waals surface area contributed by atoms with E-state index in [1.807, 2.05) is 78.5 Å². The summed E-state index contributed by atoms with van der Waals surface area (Å²) < 4.78 is 5.27. The molecule has 1 saturated heterocycles. The van der Waals surface area contributed by atoms with Crippen LogP contribution in [0.2, 0.25) is 0 Å². The summed E-state index contributed by atoms with van der Waals surface area (Å²) in [6.45, 7) is 1.50. The van der Waals surface area contributed by atoms with Gasteiger partial charge in [-0.05, 0) is 42.7 Å². The predicted molar refractivity (Wildman–Crippen MR) is 109 cm³/mol. The quantitative estimate of drug-likeness (QED) is 0.863. The fourth-order valence-electron chi connectivity index (χ4n) is 3.24. The van der Waals surface area contributed by atoms with Crippen molar-refractivity contribution < 1.29 is 14.3 Å². The van der Waals surface area contributed by atoms with E-state index in [2.05, 4.69) is 5.32 Å². The lowest BCUT2D eigenvalue weighted by Crippen LogP contribution is -2.46. The number of piperidine rings is 1. The van der Waals surface area contributed by atoms with Crippen LogP contribution in [0.1, 0.15) is 28.8 Å². The Morgan fingerprint density at radius 1 is 1.04 bits per heavy atom. The van der Waals surface area contributed by atoms with Gasteiger partial charge in [0.2, 0.25) is 0 Å². The van der Waals surface area contributed by atoms with Crippen LogP contribution in [0.25, 0.3) is 0 Å². The van der Waals surface area contributed by atoms with Gasteiger partial charge in [0, 0.05) is 44.5 Å². The highest BCUT2D eigenvalue weighted by molar-refractivity contribution is 5.94. The molecule has 2 aromatic carbocycles. The molecule has 0 bridgehead atoms. The SMILES string of the molecule is CN(C)c1ccc(C(=O)N2CCC(NC(=O)OCc3ccccc3)CC2)cc1. The molecule has 2 aromatic rings. The lowest BCUT2D eigenvalue weighted by atomic mass is 10.0. The summed E-state index contributed by atoms with van der Waals surface area (Å²) >= 11 is 0. The van der Waals surface area contributed by atoms with Gasteiger partial charge < -0.3 is 19.9 Å². The first-order valence-electron chi connectivity index (χ1n) is 9.57. The van der Waals surface area contributed by atoms with Gasteiger partial charge in [0.15, 0.2) is 0 Å². The molecule has 1 aliphatic rings. The highest BCUT2D eigenvalue weighted by Gasteiger charge is 2.25. The van der Waals surface area contributed by atoms with Crippen LogP contribution in [0.3, 0.4) is 0 Å². The second kappa shape index (κ2) is 9.26. The van der Waals surface area contributed by atoms with Crippen LogP contribution in [-0.4, -0.2) is 50.1 Å². The van der Waals surface area contributed by atoms with Crippen molar-refractivity contribution in [1.82, 2.24) is 10.2 Å². The van der Waals surface area contributed by atoms with Crippen molar-refractivity contribution >= 4 is 17.7 Å². The van der Waals surface area contributed by atoms with Crippen molar-refractivity contribution in [2.75, 3.05) is 32.1 Å². The summed E-state index contributed by atoms with van der Waals surface area (Å²) in [5.41, 5.74) is 2.71. The number of rotatable bonds is 5. The van der Waals surface area contributed by atoms with E-state index in [0.29, 0.717) is 18.7 Å². The van der Waals surface area contributed by atoms with Crippen LogP contribution < -0.4 is 10.2 Å². The minimum absolute atomic E-state index is 0.0310. The van der Waals surface area contributed by atoms with Crippen molar-refractivity contribution in [3.8, 4) is 0 Å². The predicted octanol–water partition coefficient (Wildman–Crippen LogP) is 3.28. The van der Waals surface area contributed by atoms with Crippen LogP contribution in [0.5, 0.6) is 0 Å². The maximum absolute atomic E-state index is 12.7. The van der Waals surface area contributed by atoms with Crippen LogP contribution >= 0.6 is 0 Å². The number of carbonyl (C=O) groups is 2. The van der Waals surface area contributed by atoms with Gasteiger partial charge in [0.1, 0.15) is 6.61 Å². The lowest BCUT2D eigenvalue weighted by molar-refractivity contribution is 0.0701. The number of hydrogen-bond acceptors (Lipinski definition) is 4. The Bertz CT molecular complexity index is 782. The van der Waals surface area contributed by atoms with Gasteiger partial charge in [-0.25, -0.2) is 4.79 Å². The van der Waals surface area contributed by atoms with Crippen molar-refractivity contribution in [1.29, 1.82) is 0 Å². The number of amides is 2. The van der Waals surface area contributed by atoms with E-state index in [1.165, 1.54) is 0 Å². The minimum atomic E-state index is -0.409. The average molecular weight is 381 g/mol. The Labute approximate surface area is 166 Å². The normalized spacial score (nSPS) is 14.4. The fourth-order valence-corrected chi connectivity index (χ4v) is 3.24. The first kappa shape index (κ1) is 19.7. The number of nitrogens with one attached hydrogen (secondary N) is 1. The molecule has 1 N–H and O–H groups in total. The molecule has 148 valence electrons. The third kappa shape index (κ3) is 5.25. The summed E-state index contributed by atoms with van der Waals surface area (Å²) in [7, 11) is 3.94. The summed E-state index contributed by atoms with van der Waals surface area (Å²) in [6, 6.07) is 17.2. The summed E-state index contributed by atoms with van der Waals surface area (Å²) in [5.74, 6) is 0.0374. The summed E-state index contributed by atoms with van der Waals surface area (Å²) in [4.78, 5) is 28.5. The Kier molecular flexibility index (Phi) is 6.53. The number of anilines is 1. The standard InChI is InChI=1S/C22H27N3O3/c1-24(2)20-10-8-18(9-11-20)21(26)25-14-12-19(13-15-25)23-22(27)28-16-17-6-4-3-5-7-17/h3-11,19H,12-16H2,1-2H3,(H,23,27). The number of likely N-dealkylation sites (tertiary alicyclic amines) is 1. The van der Waals surface area contributed by atoms with Gasteiger partial charge in [-0.3, -0.25) is 4.79 Å². The summed E-state index contributed by atoms with van der Waals surface area (Å²) in [6.07, 6.45) is 1.04. The molecule has 0 aromatic heterocycles. The molecule has 0 saturated carbocycles. The molecule has 1 fully saturated rings. The maximum atomic E-state index is 12.7. The largest absolute Gasteiger partial charge is 0.445 e. The molecule has 0 aliphatic carbocycles. The van der Waals surface area contributed by atoms with Gasteiger partial charge in [-0.2, -0.15) is 0 Å². The molecule has 0 atom stereocenters. The molecule has 0 spiro atoms. The zero-order valence-corrected chi connectivity index (χ0v) is 16.4. The smallest absolute Gasteiger partial charge is 0.407 e. The zero-order valence-electron chi connectivity index (χ0n) is 16.4. The van der Waals surface area contributed by atoms with E-state index in [1.54, 1.807) is 0 Å². The number of nitrogens with zero attached hydrogens (tertiary/aromatic N) is 2. The third-order valence-electron chi connectivity index (χ3n) is 4.95. The highest BCUT2D eigenvalue weighted by Crippen LogP contribution is 2.17. The molecular formula is C22H27N3O3. The van der Waals surface area contributed by atoms with E-state index in [-0.39, 0.29) is 18.6 Å². The Morgan fingerprint density at radius 3 is 2.29 bits per heavy atom. The monoisotopic (exact) mass is 381 g/mol. The van der Waals surface area contributed by atoms with E-state index in [0.717, 1.165) is 24.1 Å². The second-order valence-corrected chi connectivity index (χ2v) is 7.21. The Balaban J connectivity index is 1.43. The molecule has 1 heterocycles. The maximum Gasteiger partial charge on any atom is 0.407 e. The van der Waals surface area contributed by atoms with Gasteiger partial charge >= 0.3 is 6.09 Å². The van der Waals surface area contributed by atoms with Crippen LogP contribution in [-0.2, 0) is 11.3 Å². The van der Waals surface area contributed by atoms with E-state index in [4.69, 9.17) is 4.74 Å². The first-order valence-corrected chi connectivity index (χ1v) is 9.57. The Morgan fingerprint density at radius 2 is 1.68 bits per heavy atom. The number of carbonyl (C=O) groups excluding carboxylic acids is 2. The fraction of sp³-hybridized carbons (Fsp3) is 0.364. The van der Waals surface area contributed by atoms with Gasteiger partial charge in [0.05, 0.1) is 0 Å². The lowest BCUT2D eigenvalue weighted by Gasteiger charge is -2.32. The van der Waals surface area contributed by atoms with Gasteiger partial charge in [0.25, 0.3) is 5.91 Å². The highest BCUT2D eigenvalue weighted by atomic mass is 16.5.